The fraction of sp³-hybridized carbons (Fsp3) is 0.500. The van der Waals surface area contributed by atoms with Gasteiger partial charge >= 0.3 is 0 Å². The summed E-state index contributed by atoms with van der Waals surface area (Å²) in [5.41, 5.74) is -0.386. The molecule has 1 amide bonds. The van der Waals surface area contributed by atoms with Gasteiger partial charge in [0.05, 0.1) is 4.47 Å². The molecule has 0 heterocycles. The van der Waals surface area contributed by atoms with Crippen molar-refractivity contribution in [1.82, 2.24) is 5.32 Å². The molecule has 4 nitrogen and oxygen atoms in total. The van der Waals surface area contributed by atoms with E-state index in [1.54, 1.807) is 6.07 Å². The second-order valence-corrected chi connectivity index (χ2v) is 5.51. The standard InChI is InChI=1S/C14H20BrNO3/c1-3-14(2,8-9-17)16-13(18)10-19-12-7-5-4-6-11(12)15/h4-7,17H,3,8-10H2,1-2H3,(H,16,18). The molecule has 1 aromatic carbocycles. The number of carbonyl (C=O) groups is 1. The summed E-state index contributed by atoms with van der Waals surface area (Å²) < 4.78 is 6.26. The number of amides is 1. The van der Waals surface area contributed by atoms with Crippen LogP contribution < -0.4 is 10.1 Å². The van der Waals surface area contributed by atoms with E-state index < -0.39 is 0 Å². The zero-order valence-corrected chi connectivity index (χ0v) is 12.9. The molecule has 0 bridgehead atoms. The molecule has 0 saturated heterocycles. The smallest absolute Gasteiger partial charge is 0.258 e. The molecule has 1 aromatic rings. The topological polar surface area (TPSA) is 58.6 Å². The van der Waals surface area contributed by atoms with Gasteiger partial charge < -0.3 is 15.2 Å². The SMILES string of the molecule is CCC(C)(CCO)NC(=O)COc1ccccc1Br. The predicted octanol–water partition coefficient (Wildman–Crippen LogP) is 2.50. The van der Waals surface area contributed by atoms with E-state index in [1.807, 2.05) is 32.0 Å². The molecular formula is C14H20BrNO3. The van der Waals surface area contributed by atoms with Gasteiger partial charge in [-0.05, 0) is 47.8 Å². The van der Waals surface area contributed by atoms with Crippen molar-refractivity contribution in [2.75, 3.05) is 13.2 Å². The first-order valence-electron chi connectivity index (χ1n) is 6.30. The van der Waals surface area contributed by atoms with Crippen molar-refractivity contribution in [3.63, 3.8) is 0 Å². The molecule has 0 radical (unpaired) electrons. The minimum absolute atomic E-state index is 0.0381. The van der Waals surface area contributed by atoms with Gasteiger partial charge in [0.25, 0.3) is 5.91 Å². The molecule has 0 fully saturated rings. The molecule has 1 unspecified atom stereocenters. The molecule has 0 saturated carbocycles. The van der Waals surface area contributed by atoms with Gasteiger partial charge in [0.2, 0.25) is 0 Å². The number of para-hydroxylation sites is 1. The van der Waals surface area contributed by atoms with E-state index in [4.69, 9.17) is 9.84 Å². The van der Waals surface area contributed by atoms with Gasteiger partial charge in [0.1, 0.15) is 5.75 Å². The zero-order valence-electron chi connectivity index (χ0n) is 11.3. The summed E-state index contributed by atoms with van der Waals surface area (Å²) in [5, 5.41) is 11.9. The minimum Gasteiger partial charge on any atom is -0.483 e. The number of carbonyl (C=O) groups excluding carboxylic acids is 1. The van der Waals surface area contributed by atoms with Crippen LogP contribution in [0.5, 0.6) is 5.75 Å². The lowest BCUT2D eigenvalue weighted by atomic mass is 9.95. The summed E-state index contributed by atoms with van der Waals surface area (Å²) in [6, 6.07) is 7.38. The Morgan fingerprint density at radius 1 is 1.47 bits per heavy atom. The maximum absolute atomic E-state index is 11.8. The summed E-state index contributed by atoms with van der Waals surface area (Å²) >= 11 is 3.36. The predicted molar refractivity (Wildman–Crippen MR) is 78.2 cm³/mol. The second-order valence-electron chi connectivity index (χ2n) is 4.66. The van der Waals surface area contributed by atoms with Crippen LogP contribution in [0, 0.1) is 0 Å². The average Bonchev–Trinajstić information content (AvgIpc) is 2.38. The first kappa shape index (κ1) is 16.0. The van der Waals surface area contributed by atoms with Crippen molar-refractivity contribution in [2.45, 2.75) is 32.2 Å². The first-order chi connectivity index (χ1) is 9.00. The van der Waals surface area contributed by atoms with E-state index in [9.17, 15) is 4.79 Å². The van der Waals surface area contributed by atoms with Gasteiger partial charge in [-0.15, -0.1) is 0 Å². The van der Waals surface area contributed by atoms with Crippen LogP contribution in [0.4, 0.5) is 0 Å². The Kier molecular flexibility index (Phi) is 6.31. The van der Waals surface area contributed by atoms with E-state index in [2.05, 4.69) is 21.2 Å². The van der Waals surface area contributed by atoms with Gasteiger partial charge in [0, 0.05) is 12.1 Å². The zero-order chi connectivity index (χ0) is 14.3. The number of hydrogen-bond acceptors (Lipinski definition) is 3. The molecule has 0 spiro atoms. The Hall–Kier alpha value is -1.07. The Morgan fingerprint density at radius 2 is 2.16 bits per heavy atom. The van der Waals surface area contributed by atoms with Crippen molar-refractivity contribution in [3.05, 3.63) is 28.7 Å². The van der Waals surface area contributed by atoms with Gasteiger partial charge in [-0.1, -0.05) is 19.1 Å². The Balaban J connectivity index is 2.50. The second kappa shape index (κ2) is 7.50. The third-order valence-corrected chi connectivity index (χ3v) is 3.74. The largest absolute Gasteiger partial charge is 0.483 e. The number of nitrogens with one attached hydrogen (secondary N) is 1. The number of hydrogen-bond donors (Lipinski definition) is 2. The summed E-state index contributed by atoms with van der Waals surface area (Å²) in [7, 11) is 0. The summed E-state index contributed by atoms with van der Waals surface area (Å²) in [6.07, 6.45) is 1.29. The van der Waals surface area contributed by atoms with Gasteiger partial charge in [0.15, 0.2) is 6.61 Å². The van der Waals surface area contributed by atoms with Crippen LogP contribution in [0.1, 0.15) is 26.7 Å². The van der Waals surface area contributed by atoms with Gasteiger partial charge in [-0.2, -0.15) is 0 Å². The fourth-order valence-corrected chi connectivity index (χ4v) is 2.05. The van der Waals surface area contributed by atoms with Crippen LogP contribution >= 0.6 is 15.9 Å². The molecule has 1 atom stereocenters. The number of aliphatic hydroxyl groups excluding tert-OH is 1. The van der Waals surface area contributed by atoms with E-state index in [-0.39, 0.29) is 24.7 Å². The number of rotatable bonds is 7. The molecule has 5 heteroatoms. The lowest BCUT2D eigenvalue weighted by Gasteiger charge is -2.28. The Morgan fingerprint density at radius 3 is 2.74 bits per heavy atom. The number of benzene rings is 1. The minimum atomic E-state index is -0.386. The maximum Gasteiger partial charge on any atom is 0.258 e. The first-order valence-corrected chi connectivity index (χ1v) is 7.09. The molecule has 2 N–H and O–H groups in total. The monoisotopic (exact) mass is 329 g/mol. The summed E-state index contributed by atoms with van der Waals surface area (Å²) in [4.78, 5) is 11.8. The van der Waals surface area contributed by atoms with Crippen molar-refractivity contribution in [2.24, 2.45) is 0 Å². The van der Waals surface area contributed by atoms with E-state index in [0.29, 0.717) is 12.2 Å². The molecule has 0 aliphatic rings. The summed E-state index contributed by atoms with van der Waals surface area (Å²) in [6.45, 7) is 3.91. The molecule has 1 rings (SSSR count). The van der Waals surface area contributed by atoms with Gasteiger partial charge in [-0.3, -0.25) is 4.79 Å². The van der Waals surface area contributed by atoms with Gasteiger partial charge in [-0.25, -0.2) is 0 Å². The van der Waals surface area contributed by atoms with E-state index >= 15 is 0 Å². The van der Waals surface area contributed by atoms with Crippen molar-refractivity contribution >= 4 is 21.8 Å². The van der Waals surface area contributed by atoms with Crippen LogP contribution in [0.15, 0.2) is 28.7 Å². The van der Waals surface area contributed by atoms with Crippen LogP contribution in [-0.4, -0.2) is 29.8 Å². The third kappa shape index (κ3) is 5.20. The molecule has 0 aliphatic heterocycles. The van der Waals surface area contributed by atoms with Crippen LogP contribution in [0.25, 0.3) is 0 Å². The molecule has 0 aliphatic carbocycles. The maximum atomic E-state index is 11.8. The normalized spacial score (nSPS) is 13.7. The average molecular weight is 330 g/mol. The summed E-state index contributed by atoms with van der Waals surface area (Å²) in [5.74, 6) is 0.451. The highest BCUT2D eigenvalue weighted by molar-refractivity contribution is 9.10. The molecular weight excluding hydrogens is 310 g/mol. The quantitative estimate of drug-likeness (QED) is 0.808. The fourth-order valence-electron chi connectivity index (χ4n) is 1.65. The highest BCUT2D eigenvalue weighted by Crippen LogP contribution is 2.23. The lowest BCUT2D eigenvalue weighted by molar-refractivity contribution is -0.125. The number of halogens is 1. The van der Waals surface area contributed by atoms with E-state index in [1.165, 1.54) is 0 Å². The highest BCUT2D eigenvalue weighted by atomic mass is 79.9. The van der Waals surface area contributed by atoms with Crippen molar-refractivity contribution in [3.8, 4) is 5.75 Å². The van der Waals surface area contributed by atoms with Crippen LogP contribution in [0.3, 0.4) is 0 Å². The Labute approximate surface area is 122 Å². The number of aliphatic hydroxyl groups is 1. The Bertz CT molecular complexity index is 425. The van der Waals surface area contributed by atoms with Crippen LogP contribution in [-0.2, 0) is 4.79 Å². The van der Waals surface area contributed by atoms with Crippen molar-refractivity contribution in [1.29, 1.82) is 0 Å². The highest BCUT2D eigenvalue weighted by Gasteiger charge is 2.23. The lowest BCUT2D eigenvalue weighted by Crippen LogP contribution is -2.47. The van der Waals surface area contributed by atoms with Crippen LogP contribution in [0.2, 0.25) is 0 Å². The third-order valence-electron chi connectivity index (χ3n) is 3.08. The van der Waals surface area contributed by atoms with E-state index in [0.717, 1.165) is 10.9 Å². The van der Waals surface area contributed by atoms with Crippen molar-refractivity contribution < 1.29 is 14.6 Å². The molecule has 0 aromatic heterocycles. The number of ether oxygens (including phenoxy) is 1. The molecule has 19 heavy (non-hydrogen) atoms. The molecule has 106 valence electrons.